The van der Waals surface area contributed by atoms with Gasteiger partial charge in [-0.1, -0.05) is 19.9 Å². The average Bonchev–Trinajstić information content (AvgIpc) is 2.15. The molecule has 0 aromatic heterocycles. The van der Waals surface area contributed by atoms with Crippen LogP contribution in [0.15, 0.2) is 18.2 Å². The summed E-state index contributed by atoms with van der Waals surface area (Å²) >= 11 is 0. The molecule has 2 nitrogen and oxygen atoms in total. The van der Waals surface area contributed by atoms with Gasteiger partial charge in [-0.3, -0.25) is 0 Å². The van der Waals surface area contributed by atoms with E-state index in [-0.39, 0.29) is 5.92 Å². The molecule has 0 heterocycles. The van der Waals surface area contributed by atoms with E-state index in [0.29, 0.717) is 5.56 Å². The van der Waals surface area contributed by atoms with Gasteiger partial charge in [0.2, 0.25) is 0 Å². The van der Waals surface area contributed by atoms with Crippen molar-refractivity contribution >= 4 is 0 Å². The highest BCUT2D eigenvalue weighted by Crippen LogP contribution is 2.37. The van der Waals surface area contributed by atoms with E-state index >= 15 is 0 Å². The van der Waals surface area contributed by atoms with Gasteiger partial charge in [-0.05, 0) is 23.6 Å². The van der Waals surface area contributed by atoms with Crippen molar-refractivity contribution in [1.82, 2.24) is 0 Å². The van der Waals surface area contributed by atoms with Gasteiger partial charge >= 0.3 is 6.18 Å². The zero-order chi connectivity index (χ0) is 12.5. The molecule has 0 bridgehead atoms. The minimum absolute atomic E-state index is 0.0330. The number of halogens is 3. The number of phenolic OH excluding ortho intramolecular Hbond substituents is 1. The first-order valence-corrected chi connectivity index (χ1v) is 4.89. The van der Waals surface area contributed by atoms with Crippen molar-refractivity contribution in [3.05, 3.63) is 29.3 Å². The fourth-order valence-corrected chi connectivity index (χ4v) is 1.37. The number of nitrogens with two attached hydrogens (primary N) is 1. The van der Waals surface area contributed by atoms with Crippen molar-refractivity contribution in [2.75, 3.05) is 0 Å². The fraction of sp³-hybridized carbons (Fsp3) is 0.455. The van der Waals surface area contributed by atoms with Crippen LogP contribution in [-0.2, 0) is 6.18 Å². The van der Waals surface area contributed by atoms with Gasteiger partial charge in [-0.2, -0.15) is 13.2 Å². The van der Waals surface area contributed by atoms with Crippen LogP contribution < -0.4 is 5.73 Å². The smallest absolute Gasteiger partial charge is 0.419 e. The Bertz CT molecular complexity index is 374. The summed E-state index contributed by atoms with van der Waals surface area (Å²) in [6.45, 7) is 3.65. The first-order chi connectivity index (χ1) is 7.23. The van der Waals surface area contributed by atoms with Gasteiger partial charge in [0, 0.05) is 6.04 Å². The van der Waals surface area contributed by atoms with Crippen LogP contribution in [0.25, 0.3) is 0 Å². The number of hydrogen-bond donors (Lipinski definition) is 2. The second-order valence-corrected chi connectivity index (χ2v) is 4.04. The van der Waals surface area contributed by atoms with E-state index in [1.54, 1.807) is 0 Å². The highest BCUT2D eigenvalue weighted by molar-refractivity contribution is 5.39. The van der Waals surface area contributed by atoms with Crippen molar-refractivity contribution in [1.29, 1.82) is 0 Å². The van der Waals surface area contributed by atoms with Crippen molar-refractivity contribution in [3.8, 4) is 5.75 Å². The largest absolute Gasteiger partial charge is 0.507 e. The van der Waals surface area contributed by atoms with Crippen LogP contribution in [0.1, 0.15) is 31.0 Å². The molecule has 16 heavy (non-hydrogen) atoms. The molecule has 1 atom stereocenters. The maximum atomic E-state index is 12.5. The SMILES string of the molecule is CC(C)C(N)c1ccc(O)c(C(F)(F)F)c1. The fourth-order valence-electron chi connectivity index (χ4n) is 1.37. The molecule has 0 spiro atoms. The predicted octanol–water partition coefficient (Wildman–Crippen LogP) is 3.07. The highest BCUT2D eigenvalue weighted by atomic mass is 19.4. The summed E-state index contributed by atoms with van der Waals surface area (Å²) in [5.74, 6) is -0.738. The second kappa shape index (κ2) is 4.33. The van der Waals surface area contributed by atoms with Crippen LogP contribution in [0.3, 0.4) is 0 Å². The number of hydrogen-bond acceptors (Lipinski definition) is 2. The molecule has 3 N–H and O–H groups in total. The third kappa shape index (κ3) is 2.66. The Kier molecular flexibility index (Phi) is 3.48. The number of phenols is 1. The third-order valence-corrected chi connectivity index (χ3v) is 2.43. The van der Waals surface area contributed by atoms with Gasteiger partial charge in [0.05, 0.1) is 5.56 Å². The van der Waals surface area contributed by atoms with Crippen molar-refractivity contribution in [2.45, 2.75) is 26.1 Å². The minimum atomic E-state index is -4.56. The highest BCUT2D eigenvalue weighted by Gasteiger charge is 2.34. The van der Waals surface area contributed by atoms with Crippen molar-refractivity contribution < 1.29 is 18.3 Å². The zero-order valence-corrected chi connectivity index (χ0v) is 9.05. The summed E-state index contributed by atoms with van der Waals surface area (Å²) in [6.07, 6.45) is -4.56. The molecule has 1 aromatic carbocycles. The summed E-state index contributed by atoms with van der Waals surface area (Å²) in [6, 6.07) is 2.87. The van der Waals surface area contributed by atoms with Crippen LogP contribution in [0.2, 0.25) is 0 Å². The van der Waals surface area contributed by atoms with E-state index in [4.69, 9.17) is 10.8 Å². The van der Waals surface area contributed by atoms with Crippen LogP contribution in [0.4, 0.5) is 13.2 Å². The quantitative estimate of drug-likeness (QED) is 0.824. The molecular weight excluding hydrogens is 219 g/mol. The Morgan fingerprint density at radius 1 is 1.25 bits per heavy atom. The lowest BCUT2D eigenvalue weighted by atomic mass is 9.95. The Labute approximate surface area is 91.9 Å². The van der Waals surface area contributed by atoms with E-state index in [1.807, 2.05) is 13.8 Å². The molecule has 1 unspecified atom stereocenters. The lowest BCUT2D eigenvalue weighted by molar-refractivity contribution is -0.138. The molecule has 1 aromatic rings. The topological polar surface area (TPSA) is 46.2 Å². The maximum absolute atomic E-state index is 12.5. The third-order valence-electron chi connectivity index (χ3n) is 2.43. The summed E-state index contributed by atoms with van der Waals surface area (Å²) in [4.78, 5) is 0. The first-order valence-electron chi connectivity index (χ1n) is 4.89. The van der Waals surface area contributed by atoms with Gasteiger partial charge in [0.15, 0.2) is 0 Å². The number of aromatic hydroxyl groups is 1. The lowest BCUT2D eigenvalue weighted by Gasteiger charge is -2.18. The van der Waals surface area contributed by atoms with E-state index < -0.39 is 23.5 Å². The van der Waals surface area contributed by atoms with Crippen LogP contribution >= 0.6 is 0 Å². The molecule has 90 valence electrons. The van der Waals surface area contributed by atoms with Gasteiger partial charge in [-0.15, -0.1) is 0 Å². The van der Waals surface area contributed by atoms with E-state index in [2.05, 4.69) is 0 Å². The molecule has 0 fully saturated rings. The second-order valence-electron chi connectivity index (χ2n) is 4.04. The number of alkyl halides is 3. The normalized spacial score (nSPS) is 14.2. The lowest BCUT2D eigenvalue weighted by Crippen LogP contribution is -2.17. The van der Waals surface area contributed by atoms with Crippen molar-refractivity contribution in [2.24, 2.45) is 11.7 Å². The van der Waals surface area contributed by atoms with E-state index in [9.17, 15) is 13.2 Å². The number of rotatable bonds is 2. The molecule has 0 aliphatic carbocycles. The Hall–Kier alpha value is -1.23. The summed E-state index contributed by atoms with van der Waals surface area (Å²) in [5.41, 5.74) is 5.09. The minimum Gasteiger partial charge on any atom is -0.507 e. The molecule has 0 amide bonds. The van der Waals surface area contributed by atoms with E-state index in [1.165, 1.54) is 6.07 Å². The van der Waals surface area contributed by atoms with Gasteiger partial charge in [0.25, 0.3) is 0 Å². The molecule has 0 saturated heterocycles. The summed E-state index contributed by atoms with van der Waals surface area (Å²) in [7, 11) is 0. The van der Waals surface area contributed by atoms with Crippen LogP contribution in [-0.4, -0.2) is 5.11 Å². The molecular formula is C11H14F3NO. The van der Waals surface area contributed by atoms with E-state index in [0.717, 1.165) is 12.1 Å². The molecule has 1 rings (SSSR count). The summed E-state index contributed by atoms with van der Waals surface area (Å²) < 4.78 is 37.5. The van der Waals surface area contributed by atoms with Crippen LogP contribution in [0.5, 0.6) is 5.75 Å². The standard InChI is InChI=1S/C11H14F3NO/c1-6(2)10(15)7-3-4-9(16)8(5-7)11(12,13)14/h3-6,10,16H,15H2,1-2H3. The van der Waals surface area contributed by atoms with Crippen molar-refractivity contribution in [3.63, 3.8) is 0 Å². The Balaban J connectivity index is 3.18. The average molecular weight is 233 g/mol. The number of benzene rings is 1. The van der Waals surface area contributed by atoms with Gasteiger partial charge in [0.1, 0.15) is 5.75 Å². The maximum Gasteiger partial charge on any atom is 0.419 e. The molecule has 5 heteroatoms. The summed E-state index contributed by atoms with van der Waals surface area (Å²) in [5, 5.41) is 9.13. The molecule has 0 radical (unpaired) electrons. The predicted molar refractivity (Wildman–Crippen MR) is 54.9 cm³/mol. The van der Waals surface area contributed by atoms with Gasteiger partial charge < -0.3 is 10.8 Å². The van der Waals surface area contributed by atoms with Gasteiger partial charge in [-0.25, -0.2) is 0 Å². The zero-order valence-electron chi connectivity index (χ0n) is 9.05. The Morgan fingerprint density at radius 2 is 1.81 bits per heavy atom. The molecule has 0 aliphatic heterocycles. The molecule has 0 aliphatic rings. The first kappa shape index (κ1) is 12.8. The monoisotopic (exact) mass is 233 g/mol. The molecule has 0 saturated carbocycles. The van der Waals surface area contributed by atoms with Crippen LogP contribution in [0, 0.1) is 5.92 Å². The Morgan fingerprint density at radius 3 is 2.25 bits per heavy atom.